The number of piperazine rings is 1. The quantitative estimate of drug-likeness (QED) is 0.441. The summed E-state index contributed by atoms with van der Waals surface area (Å²) in [7, 11) is 0. The lowest BCUT2D eigenvalue weighted by molar-refractivity contribution is 0.0196. The summed E-state index contributed by atoms with van der Waals surface area (Å²) in [5.74, 6) is 0.343. The van der Waals surface area contributed by atoms with Crippen LogP contribution in [0.2, 0.25) is 5.02 Å². The third kappa shape index (κ3) is 5.19. The summed E-state index contributed by atoms with van der Waals surface area (Å²) in [6.07, 6.45) is 4.06. The number of amides is 3. The van der Waals surface area contributed by atoms with Gasteiger partial charge in [-0.2, -0.15) is 5.10 Å². The van der Waals surface area contributed by atoms with Crippen LogP contribution >= 0.6 is 11.6 Å². The second kappa shape index (κ2) is 10.2. The Hall–Kier alpha value is -3.60. The first-order valence-electron chi connectivity index (χ1n) is 13.1. The first-order chi connectivity index (χ1) is 18.4. The van der Waals surface area contributed by atoms with Crippen LogP contribution in [0.5, 0.6) is 0 Å². The monoisotopic (exact) mass is 557 g/mol. The Kier molecular flexibility index (Phi) is 7.04. The van der Waals surface area contributed by atoms with Gasteiger partial charge in [-0.15, -0.1) is 0 Å². The molecule has 2 saturated heterocycles. The Balaban J connectivity index is 1.42. The van der Waals surface area contributed by atoms with Crippen LogP contribution in [0.25, 0.3) is 5.65 Å². The van der Waals surface area contributed by atoms with Crippen LogP contribution in [-0.2, 0) is 0 Å². The van der Waals surface area contributed by atoms with Gasteiger partial charge in [0.05, 0.1) is 18.3 Å². The van der Waals surface area contributed by atoms with E-state index in [0.29, 0.717) is 22.2 Å². The summed E-state index contributed by atoms with van der Waals surface area (Å²) in [5, 5.41) is 17.5. The van der Waals surface area contributed by atoms with Crippen molar-refractivity contribution in [3.63, 3.8) is 0 Å². The van der Waals surface area contributed by atoms with Crippen LogP contribution in [-0.4, -0.2) is 73.3 Å². The number of carbonyl (C=O) groups excluding carboxylic acids is 1. The molecule has 12 heteroatoms. The molecule has 0 aliphatic carbocycles. The fraction of sp³-hybridized carbons (Fsp3) is 0.481. The summed E-state index contributed by atoms with van der Waals surface area (Å²) >= 11 is 6.43. The second-order valence-corrected chi connectivity index (χ2v) is 11.8. The van der Waals surface area contributed by atoms with Gasteiger partial charge in [-0.3, -0.25) is 0 Å². The van der Waals surface area contributed by atoms with Gasteiger partial charge in [0.1, 0.15) is 17.3 Å². The molecule has 3 amide bonds. The molecule has 2 aromatic heterocycles. The SMILES string of the molecule is CC1CN(C(=O)Nc2cnn3ccc(N4CCC[C@@H]4c4cc(F)ccc4Cl)nc23)C(C(C)(C)C)CN1C(=O)O. The van der Waals surface area contributed by atoms with E-state index < -0.39 is 6.09 Å². The highest BCUT2D eigenvalue weighted by molar-refractivity contribution is 6.31. The summed E-state index contributed by atoms with van der Waals surface area (Å²) in [4.78, 5) is 35.4. The molecular weight excluding hydrogens is 525 g/mol. The Morgan fingerprint density at radius 3 is 2.67 bits per heavy atom. The smallest absolute Gasteiger partial charge is 0.407 e. The molecule has 5 rings (SSSR count). The Morgan fingerprint density at radius 2 is 1.95 bits per heavy atom. The molecule has 0 bridgehead atoms. The second-order valence-electron chi connectivity index (χ2n) is 11.4. The van der Waals surface area contributed by atoms with Crippen molar-refractivity contribution in [1.29, 1.82) is 0 Å². The Morgan fingerprint density at radius 1 is 1.18 bits per heavy atom. The molecule has 208 valence electrons. The largest absolute Gasteiger partial charge is 0.465 e. The number of urea groups is 1. The summed E-state index contributed by atoms with van der Waals surface area (Å²) < 4.78 is 15.6. The van der Waals surface area contributed by atoms with Crippen LogP contribution in [0.4, 0.5) is 25.5 Å². The van der Waals surface area contributed by atoms with Gasteiger partial charge in [0, 0.05) is 36.9 Å². The zero-order valence-electron chi connectivity index (χ0n) is 22.4. The lowest BCUT2D eigenvalue weighted by Crippen LogP contribution is -2.64. The average Bonchev–Trinajstić information content (AvgIpc) is 3.51. The van der Waals surface area contributed by atoms with E-state index in [1.54, 1.807) is 34.8 Å². The topological polar surface area (TPSA) is 106 Å². The first-order valence-corrected chi connectivity index (χ1v) is 13.4. The van der Waals surface area contributed by atoms with Crippen LogP contribution in [0.3, 0.4) is 0 Å². The number of rotatable bonds is 3. The number of halogens is 2. The summed E-state index contributed by atoms with van der Waals surface area (Å²) in [6, 6.07) is 5.13. The Labute approximate surface area is 231 Å². The fourth-order valence-electron chi connectivity index (χ4n) is 5.64. The minimum atomic E-state index is -0.990. The van der Waals surface area contributed by atoms with Crippen molar-refractivity contribution in [2.75, 3.05) is 29.9 Å². The molecule has 3 aromatic rings. The highest BCUT2D eigenvalue weighted by atomic mass is 35.5. The highest BCUT2D eigenvalue weighted by Gasteiger charge is 2.42. The lowest BCUT2D eigenvalue weighted by atomic mass is 9.83. The molecule has 39 heavy (non-hydrogen) atoms. The van der Waals surface area contributed by atoms with Gasteiger partial charge in [-0.05, 0) is 55.0 Å². The van der Waals surface area contributed by atoms with Crippen molar-refractivity contribution < 1.29 is 19.1 Å². The van der Waals surface area contributed by atoms with Gasteiger partial charge in [-0.1, -0.05) is 32.4 Å². The summed E-state index contributed by atoms with van der Waals surface area (Å²) in [5.41, 5.74) is 1.30. The van der Waals surface area contributed by atoms with E-state index in [9.17, 15) is 19.1 Å². The zero-order chi connectivity index (χ0) is 28.1. The standard InChI is InChI=1S/C27H33ClFN7O3/c1-16-14-35(22(27(2,3)4)15-34(16)26(38)39)25(37)31-20-13-30-36-11-9-23(32-24(20)36)33-10-5-6-21(33)18-12-17(29)7-8-19(18)28/h7-9,11-13,16,21-22H,5-6,10,14-15H2,1-4H3,(H,31,37)(H,38,39)/t16?,21-,22?/m1/s1. The van der Waals surface area contributed by atoms with Gasteiger partial charge >= 0.3 is 12.1 Å². The molecule has 10 nitrogen and oxygen atoms in total. The molecule has 2 unspecified atom stereocenters. The van der Waals surface area contributed by atoms with Crippen LogP contribution < -0.4 is 10.2 Å². The van der Waals surface area contributed by atoms with Crippen molar-refractivity contribution in [3.8, 4) is 0 Å². The van der Waals surface area contributed by atoms with Gasteiger partial charge in [-0.25, -0.2) is 23.5 Å². The number of carboxylic acid groups (broad SMARTS) is 1. The molecule has 3 atom stereocenters. The molecule has 0 radical (unpaired) electrons. The molecule has 2 fully saturated rings. The molecule has 2 N–H and O–H groups in total. The van der Waals surface area contributed by atoms with E-state index in [4.69, 9.17) is 16.6 Å². The number of nitrogens with one attached hydrogen (secondary N) is 1. The van der Waals surface area contributed by atoms with Gasteiger partial charge in [0.25, 0.3) is 0 Å². The number of anilines is 2. The lowest BCUT2D eigenvalue weighted by Gasteiger charge is -2.48. The minimum absolute atomic E-state index is 0.122. The number of hydrogen-bond donors (Lipinski definition) is 2. The van der Waals surface area contributed by atoms with E-state index in [2.05, 4.69) is 15.3 Å². The molecule has 0 saturated carbocycles. The van der Waals surface area contributed by atoms with E-state index in [1.807, 2.05) is 26.8 Å². The van der Waals surface area contributed by atoms with Gasteiger partial charge < -0.3 is 25.1 Å². The van der Waals surface area contributed by atoms with E-state index in [1.165, 1.54) is 17.0 Å². The minimum Gasteiger partial charge on any atom is -0.465 e. The summed E-state index contributed by atoms with van der Waals surface area (Å²) in [6.45, 7) is 9.01. The fourth-order valence-corrected chi connectivity index (χ4v) is 5.88. The Bertz CT molecular complexity index is 1410. The van der Waals surface area contributed by atoms with Crippen LogP contribution in [0.1, 0.15) is 52.1 Å². The third-order valence-corrected chi connectivity index (χ3v) is 8.05. The maximum atomic E-state index is 14.0. The zero-order valence-corrected chi connectivity index (χ0v) is 23.2. The number of aromatic nitrogens is 3. The maximum Gasteiger partial charge on any atom is 0.407 e. The van der Waals surface area contributed by atoms with Crippen molar-refractivity contribution >= 4 is 40.9 Å². The van der Waals surface area contributed by atoms with Gasteiger partial charge in [0.2, 0.25) is 0 Å². The maximum absolute atomic E-state index is 14.0. The van der Waals surface area contributed by atoms with Gasteiger partial charge in [0.15, 0.2) is 5.65 Å². The van der Waals surface area contributed by atoms with E-state index in [-0.39, 0.29) is 48.5 Å². The first kappa shape index (κ1) is 27.0. The third-order valence-electron chi connectivity index (χ3n) is 7.71. The van der Waals surface area contributed by atoms with Crippen molar-refractivity contribution in [2.45, 2.75) is 58.7 Å². The number of carbonyl (C=O) groups is 2. The number of nitrogens with zero attached hydrogens (tertiary/aromatic N) is 6. The molecule has 2 aliphatic rings. The number of fused-ring (bicyclic) bond motifs is 1. The predicted molar refractivity (Wildman–Crippen MR) is 147 cm³/mol. The van der Waals surface area contributed by atoms with E-state index >= 15 is 0 Å². The molecule has 0 spiro atoms. The number of hydrogen-bond acceptors (Lipinski definition) is 5. The van der Waals surface area contributed by atoms with E-state index in [0.717, 1.165) is 24.9 Å². The average molecular weight is 558 g/mol. The van der Waals surface area contributed by atoms with Crippen molar-refractivity contribution in [2.24, 2.45) is 5.41 Å². The van der Waals surface area contributed by atoms with Crippen LogP contribution in [0.15, 0.2) is 36.7 Å². The van der Waals surface area contributed by atoms with Crippen LogP contribution in [0, 0.1) is 11.2 Å². The predicted octanol–water partition coefficient (Wildman–Crippen LogP) is 5.49. The molecule has 4 heterocycles. The highest BCUT2D eigenvalue weighted by Crippen LogP contribution is 2.39. The normalized spacial score (nSPS) is 22.0. The van der Waals surface area contributed by atoms with Crippen molar-refractivity contribution in [3.05, 3.63) is 53.1 Å². The number of benzene rings is 1. The molecule has 1 aromatic carbocycles. The molecule has 2 aliphatic heterocycles. The van der Waals surface area contributed by atoms with Crippen molar-refractivity contribution in [1.82, 2.24) is 24.4 Å². The molecular formula is C27H33ClFN7O3.